The minimum Gasteiger partial charge on any atom is -0.389 e. The first-order valence-electron chi connectivity index (χ1n) is 4.63. The van der Waals surface area contributed by atoms with Gasteiger partial charge in [-0.25, -0.2) is 4.98 Å². The summed E-state index contributed by atoms with van der Waals surface area (Å²) in [6, 6.07) is 0. The molecule has 0 atom stereocenters. The summed E-state index contributed by atoms with van der Waals surface area (Å²) in [5.74, 6) is 0. The van der Waals surface area contributed by atoms with Crippen LogP contribution in [0.5, 0.6) is 0 Å². The van der Waals surface area contributed by atoms with E-state index in [1.165, 1.54) is 11.3 Å². The lowest BCUT2D eigenvalue weighted by Crippen LogP contribution is -2.23. The van der Waals surface area contributed by atoms with E-state index >= 15 is 0 Å². The minimum atomic E-state index is 0.282. The van der Waals surface area contributed by atoms with Gasteiger partial charge in [0.15, 0.2) is 5.13 Å². The first-order chi connectivity index (χ1) is 6.59. The van der Waals surface area contributed by atoms with Crippen molar-refractivity contribution < 1.29 is 4.74 Å². The molecule has 0 spiro atoms. The average Bonchev–Trinajstić information content (AvgIpc) is 2.51. The molecule has 0 saturated carbocycles. The standard InChI is InChI=1S/C9H17N3OS/c1-7(2)13-5-4-12(3)9-11-6-8(10)14-9/h6-7H,4-5,10H2,1-3H3. The molecule has 0 aliphatic rings. The normalized spacial score (nSPS) is 10.9. The Kier molecular flexibility index (Phi) is 4.16. The minimum absolute atomic E-state index is 0.282. The van der Waals surface area contributed by atoms with E-state index in [4.69, 9.17) is 10.5 Å². The van der Waals surface area contributed by atoms with E-state index in [9.17, 15) is 0 Å². The van der Waals surface area contributed by atoms with Gasteiger partial charge in [-0.2, -0.15) is 0 Å². The highest BCUT2D eigenvalue weighted by atomic mass is 32.1. The summed E-state index contributed by atoms with van der Waals surface area (Å²) in [5, 5.41) is 1.69. The van der Waals surface area contributed by atoms with Crippen molar-refractivity contribution in [3.8, 4) is 0 Å². The maximum Gasteiger partial charge on any atom is 0.187 e. The SMILES string of the molecule is CC(C)OCCN(C)c1ncc(N)s1. The predicted molar refractivity (Wildman–Crippen MR) is 60.9 cm³/mol. The van der Waals surface area contributed by atoms with Gasteiger partial charge >= 0.3 is 0 Å². The number of nitrogens with zero attached hydrogens (tertiary/aromatic N) is 2. The highest BCUT2D eigenvalue weighted by molar-refractivity contribution is 7.19. The van der Waals surface area contributed by atoms with Crippen molar-refractivity contribution in [2.75, 3.05) is 30.8 Å². The van der Waals surface area contributed by atoms with Crippen LogP contribution in [-0.2, 0) is 4.74 Å². The summed E-state index contributed by atoms with van der Waals surface area (Å²) < 4.78 is 5.44. The van der Waals surface area contributed by atoms with Crippen LogP contribution in [-0.4, -0.2) is 31.3 Å². The Balaban J connectivity index is 2.32. The molecular weight excluding hydrogens is 198 g/mol. The highest BCUT2D eigenvalue weighted by Gasteiger charge is 2.05. The number of hydrogen-bond donors (Lipinski definition) is 1. The molecule has 0 aliphatic heterocycles. The summed E-state index contributed by atoms with van der Waals surface area (Å²) in [6.07, 6.45) is 1.96. The van der Waals surface area contributed by atoms with Crippen LogP contribution >= 0.6 is 11.3 Å². The molecular formula is C9H17N3OS. The third-order valence-corrected chi connectivity index (χ3v) is 2.66. The van der Waals surface area contributed by atoms with Gasteiger partial charge < -0.3 is 15.4 Å². The van der Waals surface area contributed by atoms with Crippen LogP contribution in [0.1, 0.15) is 13.8 Å². The van der Waals surface area contributed by atoms with Gasteiger partial charge in [-0.15, -0.1) is 0 Å². The monoisotopic (exact) mass is 215 g/mol. The molecule has 0 unspecified atom stereocenters. The lowest BCUT2D eigenvalue weighted by atomic mass is 10.5. The van der Waals surface area contributed by atoms with Crippen LogP contribution in [0.4, 0.5) is 10.1 Å². The Morgan fingerprint density at radius 3 is 2.86 bits per heavy atom. The Morgan fingerprint density at radius 1 is 1.64 bits per heavy atom. The number of hydrogen-bond acceptors (Lipinski definition) is 5. The van der Waals surface area contributed by atoms with Crippen molar-refractivity contribution in [1.29, 1.82) is 0 Å². The molecule has 1 rings (SSSR count). The van der Waals surface area contributed by atoms with E-state index in [0.717, 1.165) is 16.7 Å². The summed E-state index contributed by atoms with van der Waals surface area (Å²) in [6.45, 7) is 5.61. The van der Waals surface area contributed by atoms with Gasteiger partial charge in [0.2, 0.25) is 0 Å². The second-order valence-electron chi connectivity index (χ2n) is 3.39. The molecule has 0 amide bonds. The van der Waals surface area contributed by atoms with E-state index in [0.29, 0.717) is 6.61 Å². The number of thiazole rings is 1. The summed E-state index contributed by atoms with van der Waals surface area (Å²) in [5.41, 5.74) is 5.59. The lowest BCUT2D eigenvalue weighted by Gasteiger charge is -2.16. The smallest absolute Gasteiger partial charge is 0.187 e. The van der Waals surface area contributed by atoms with Gasteiger partial charge in [0.1, 0.15) is 5.00 Å². The van der Waals surface area contributed by atoms with E-state index in [-0.39, 0.29) is 6.10 Å². The molecule has 0 saturated heterocycles. The Labute approximate surface area is 88.7 Å². The fourth-order valence-corrected chi connectivity index (χ4v) is 1.64. The first-order valence-corrected chi connectivity index (χ1v) is 5.45. The fourth-order valence-electron chi connectivity index (χ4n) is 0.974. The molecule has 0 aromatic carbocycles. The predicted octanol–water partition coefficient (Wildman–Crippen LogP) is 1.59. The number of anilines is 2. The van der Waals surface area contributed by atoms with Gasteiger partial charge in [-0.1, -0.05) is 11.3 Å². The van der Waals surface area contributed by atoms with Crippen LogP contribution in [0.2, 0.25) is 0 Å². The number of likely N-dealkylation sites (N-methyl/N-ethyl adjacent to an activating group) is 1. The quantitative estimate of drug-likeness (QED) is 0.810. The van der Waals surface area contributed by atoms with E-state index in [2.05, 4.69) is 4.98 Å². The summed E-state index contributed by atoms with van der Waals surface area (Å²) in [4.78, 5) is 6.22. The molecule has 0 aliphatic carbocycles. The fraction of sp³-hybridized carbons (Fsp3) is 0.667. The summed E-state index contributed by atoms with van der Waals surface area (Å²) in [7, 11) is 1.99. The Hall–Kier alpha value is -0.810. The van der Waals surface area contributed by atoms with E-state index in [1.807, 2.05) is 25.8 Å². The average molecular weight is 215 g/mol. The topological polar surface area (TPSA) is 51.4 Å². The summed E-state index contributed by atoms with van der Waals surface area (Å²) >= 11 is 1.49. The van der Waals surface area contributed by atoms with E-state index in [1.54, 1.807) is 6.20 Å². The van der Waals surface area contributed by atoms with Crippen molar-refractivity contribution in [2.24, 2.45) is 0 Å². The van der Waals surface area contributed by atoms with Gasteiger partial charge in [-0.05, 0) is 13.8 Å². The van der Waals surface area contributed by atoms with Crippen LogP contribution in [0.25, 0.3) is 0 Å². The van der Waals surface area contributed by atoms with Crippen molar-refractivity contribution in [3.05, 3.63) is 6.20 Å². The molecule has 1 aromatic rings. The Morgan fingerprint density at radius 2 is 2.36 bits per heavy atom. The largest absolute Gasteiger partial charge is 0.389 e. The first kappa shape index (κ1) is 11.3. The molecule has 4 nitrogen and oxygen atoms in total. The molecule has 80 valence electrons. The Bertz CT molecular complexity index is 275. The number of aromatic nitrogens is 1. The molecule has 5 heteroatoms. The van der Waals surface area contributed by atoms with Crippen LogP contribution < -0.4 is 10.6 Å². The van der Waals surface area contributed by atoms with E-state index < -0.39 is 0 Å². The zero-order chi connectivity index (χ0) is 10.6. The zero-order valence-electron chi connectivity index (χ0n) is 8.86. The molecule has 0 fully saturated rings. The number of nitrogens with two attached hydrogens (primary N) is 1. The van der Waals surface area contributed by atoms with Gasteiger partial charge in [-0.3, -0.25) is 0 Å². The molecule has 0 bridgehead atoms. The van der Waals surface area contributed by atoms with Crippen LogP contribution in [0.15, 0.2) is 6.20 Å². The maximum absolute atomic E-state index is 5.59. The van der Waals surface area contributed by atoms with Crippen LogP contribution in [0.3, 0.4) is 0 Å². The zero-order valence-corrected chi connectivity index (χ0v) is 9.67. The molecule has 14 heavy (non-hydrogen) atoms. The molecule has 1 heterocycles. The van der Waals surface area contributed by atoms with Crippen molar-refractivity contribution in [3.63, 3.8) is 0 Å². The number of nitrogen functional groups attached to an aromatic ring is 1. The van der Waals surface area contributed by atoms with Crippen molar-refractivity contribution in [2.45, 2.75) is 20.0 Å². The lowest BCUT2D eigenvalue weighted by molar-refractivity contribution is 0.0846. The van der Waals surface area contributed by atoms with Crippen LogP contribution in [0, 0.1) is 0 Å². The number of ether oxygens (including phenoxy) is 1. The second-order valence-corrected chi connectivity index (χ2v) is 4.43. The second kappa shape index (κ2) is 5.17. The highest BCUT2D eigenvalue weighted by Crippen LogP contribution is 2.22. The van der Waals surface area contributed by atoms with Crippen molar-refractivity contribution in [1.82, 2.24) is 4.98 Å². The van der Waals surface area contributed by atoms with Gasteiger partial charge in [0.05, 0.1) is 18.9 Å². The van der Waals surface area contributed by atoms with Gasteiger partial charge in [0, 0.05) is 13.6 Å². The van der Waals surface area contributed by atoms with Crippen molar-refractivity contribution >= 4 is 21.5 Å². The molecule has 0 radical (unpaired) electrons. The number of rotatable bonds is 5. The third-order valence-electron chi connectivity index (χ3n) is 1.72. The molecule has 1 aromatic heterocycles. The molecule has 2 N–H and O–H groups in total. The maximum atomic E-state index is 5.59. The third kappa shape index (κ3) is 3.51. The van der Waals surface area contributed by atoms with Gasteiger partial charge in [0.25, 0.3) is 0 Å².